The predicted molar refractivity (Wildman–Crippen MR) is 111 cm³/mol. The number of allylic oxidation sites excluding steroid dienone is 1. The molecule has 1 heterocycles. The molecule has 4 heteroatoms. The second kappa shape index (κ2) is 8.87. The number of rotatable bonds is 7. The molecule has 0 aliphatic heterocycles. The van der Waals surface area contributed by atoms with E-state index in [1.165, 1.54) is 11.6 Å². The molecule has 138 valence electrons. The second-order valence-corrected chi connectivity index (χ2v) is 7.44. The maximum absolute atomic E-state index is 12.3. The molecule has 0 aliphatic rings. The van der Waals surface area contributed by atoms with Gasteiger partial charge in [-0.05, 0) is 60.0 Å². The lowest BCUT2D eigenvalue weighted by Crippen LogP contribution is -1.95. The van der Waals surface area contributed by atoms with Crippen molar-refractivity contribution in [3.05, 3.63) is 93.9 Å². The molecule has 0 N–H and O–H groups in total. The van der Waals surface area contributed by atoms with Crippen LogP contribution in [-0.2, 0) is 6.61 Å². The van der Waals surface area contributed by atoms with Crippen LogP contribution in [0.2, 0.25) is 0 Å². The molecular formula is C23H21BrO3. The smallest absolute Gasteiger partial charge is 0.185 e. The molecule has 0 bridgehead atoms. The Bertz CT molecular complexity index is 919. The first kappa shape index (κ1) is 19.2. The number of hydrogen-bond donors (Lipinski definition) is 0. The van der Waals surface area contributed by atoms with Crippen LogP contribution in [-0.4, -0.2) is 5.78 Å². The fourth-order valence-corrected chi connectivity index (χ4v) is 2.80. The van der Waals surface area contributed by atoms with Gasteiger partial charge >= 0.3 is 0 Å². The summed E-state index contributed by atoms with van der Waals surface area (Å²) < 4.78 is 12.4. The van der Waals surface area contributed by atoms with Crippen molar-refractivity contribution in [1.82, 2.24) is 0 Å². The zero-order valence-corrected chi connectivity index (χ0v) is 16.9. The van der Waals surface area contributed by atoms with E-state index in [9.17, 15) is 4.79 Å². The molecule has 0 amide bonds. The van der Waals surface area contributed by atoms with Gasteiger partial charge in [0.2, 0.25) is 0 Å². The van der Waals surface area contributed by atoms with E-state index < -0.39 is 0 Å². The lowest BCUT2D eigenvalue weighted by molar-refractivity contribution is 0.104. The number of furan rings is 1. The van der Waals surface area contributed by atoms with E-state index in [-0.39, 0.29) is 5.78 Å². The van der Waals surface area contributed by atoms with Crippen LogP contribution in [0.5, 0.6) is 5.75 Å². The highest BCUT2D eigenvalue weighted by Gasteiger charge is 2.05. The molecule has 0 atom stereocenters. The minimum absolute atomic E-state index is 0.0469. The third kappa shape index (κ3) is 5.44. The molecule has 0 saturated heterocycles. The summed E-state index contributed by atoms with van der Waals surface area (Å²) in [6.07, 6.45) is 3.21. The molecule has 0 spiro atoms. The van der Waals surface area contributed by atoms with Gasteiger partial charge in [-0.3, -0.25) is 4.79 Å². The Morgan fingerprint density at radius 3 is 2.41 bits per heavy atom. The Kier molecular flexibility index (Phi) is 6.30. The van der Waals surface area contributed by atoms with Crippen molar-refractivity contribution in [2.45, 2.75) is 26.4 Å². The van der Waals surface area contributed by atoms with Crippen LogP contribution in [0.4, 0.5) is 0 Å². The molecule has 0 fully saturated rings. The van der Waals surface area contributed by atoms with Crippen molar-refractivity contribution in [2.24, 2.45) is 0 Å². The standard InChI is InChI=1S/C23H21BrO3/c1-16(2)17-3-5-18(6-4-17)23(25)14-13-21-11-12-22(27-21)15-26-20-9-7-19(24)8-10-20/h3-14,16H,15H2,1-2H3/b14-13+. The van der Waals surface area contributed by atoms with Crippen LogP contribution in [0, 0.1) is 0 Å². The van der Waals surface area contributed by atoms with E-state index in [4.69, 9.17) is 9.15 Å². The number of hydrogen-bond acceptors (Lipinski definition) is 3. The van der Waals surface area contributed by atoms with Gasteiger partial charge in [0.15, 0.2) is 5.78 Å². The molecule has 3 rings (SSSR count). The van der Waals surface area contributed by atoms with Crippen LogP contribution in [0.1, 0.15) is 47.2 Å². The van der Waals surface area contributed by atoms with Crippen LogP contribution in [0.3, 0.4) is 0 Å². The molecule has 0 unspecified atom stereocenters. The lowest BCUT2D eigenvalue weighted by Gasteiger charge is -2.05. The predicted octanol–water partition coefficient (Wildman–Crippen LogP) is 6.64. The fourth-order valence-electron chi connectivity index (χ4n) is 2.53. The molecule has 2 aromatic carbocycles. The van der Waals surface area contributed by atoms with Gasteiger partial charge in [-0.25, -0.2) is 0 Å². The summed E-state index contributed by atoms with van der Waals surface area (Å²) in [5, 5.41) is 0. The quantitative estimate of drug-likeness (QED) is 0.315. The molecular weight excluding hydrogens is 404 g/mol. The van der Waals surface area contributed by atoms with Crippen molar-refractivity contribution in [3.8, 4) is 5.75 Å². The number of benzene rings is 2. The summed E-state index contributed by atoms with van der Waals surface area (Å²) in [4.78, 5) is 12.3. The number of halogens is 1. The Morgan fingerprint density at radius 2 is 1.74 bits per heavy atom. The van der Waals surface area contributed by atoms with Gasteiger partial charge < -0.3 is 9.15 Å². The van der Waals surface area contributed by atoms with Crippen LogP contribution >= 0.6 is 15.9 Å². The van der Waals surface area contributed by atoms with Gasteiger partial charge in [-0.2, -0.15) is 0 Å². The van der Waals surface area contributed by atoms with Gasteiger partial charge in [0, 0.05) is 10.0 Å². The highest BCUT2D eigenvalue weighted by atomic mass is 79.9. The summed E-state index contributed by atoms with van der Waals surface area (Å²) in [5.74, 6) is 2.50. The Labute approximate surface area is 167 Å². The summed E-state index contributed by atoms with van der Waals surface area (Å²) in [6, 6.07) is 19.0. The van der Waals surface area contributed by atoms with Gasteiger partial charge in [-0.1, -0.05) is 54.0 Å². The Balaban J connectivity index is 1.57. The van der Waals surface area contributed by atoms with Crippen molar-refractivity contribution in [1.29, 1.82) is 0 Å². The van der Waals surface area contributed by atoms with Crippen molar-refractivity contribution >= 4 is 27.8 Å². The highest BCUT2D eigenvalue weighted by molar-refractivity contribution is 9.10. The van der Waals surface area contributed by atoms with Crippen LogP contribution < -0.4 is 4.74 Å². The topological polar surface area (TPSA) is 39.4 Å². The monoisotopic (exact) mass is 424 g/mol. The number of ether oxygens (including phenoxy) is 1. The van der Waals surface area contributed by atoms with E-state index in [0.29, 0.717) is 29.6 Å². The summed E-state index contributed by atoms with van der Waals surface area (Å²) in [7, 11) is 0. The minimum Gasteiger partial charge on any atom is -0.486 e. The molecule has 3 aromatic rings. The number of carbonyl (C=O) groups is 1. The Hall–Kier alpha value is -2.59. The van der Waals surface area contributed by atoms with Crippen molar-refractivity contribution < 1.29 is 13.9 Å². The summed E-state index contributed by atoms with van der Waals surface area (Å²) in [6.45, 7) is 4.59. The first-order valence-electron chi connectivity index (χ1n) is 8.81. The van der Waals surface area contributed by atoms with Gasteiger partial charge in [0.25, 0.3) is 0 Å². The first-order chi connectivity index (χ1) is 13.0. The zero-order valence-electron chi connectivity index (χ0n) is 15.3. The van der Waals surface area contributed by atoms with Crippen molar-refractivity contribution in [3.63, 3.8) is 0 Å². The Morgan fingerprint density at radius 1 is 1.04 bits per heavy atom. The molecule has 3 nitrogen and oxygen atoms in total. The van der Waals surface area contributed by atoms with Crippen LogP contribution in [0.25, 0.3) is 6.08 Å². The average Bonchev–Trinajstić information content (AvgIpc) is 3.13. The SMILES string of the molecule is CC(C)c1ccc(C(=O)/C=C/c2ccc(COc3ccc(Br)cc3)o2)cc1. The summed E-state index contributed by atoms with van der Waals surface area (Å²) >= 11 is 3.39. The highest BCUT2D eigenvalue weighted by Crippen LogP contribution is 2.19. The van der Waals surface area contributed by atoms with Crippen molar-refractivity contribution in [2.75, 3.05) is 0 Å². The zero-order chi connectivity index (χ0) is 19.2. The number of ketones is 1. The van der Waals surface area contributed by atoms with Gasteiger partial charge in [-0.15, -0.1) is 0 Å². The molecule has 0 saturated carbocycles. The lowest BCUT2D eigenvalue weighted by atomic mass is 10.0. The third-order valence-corrected chi connectivity index (χ3v) is 4.67. The van der Waals surface area contributed by atoms with Gasteiger partial charge in [0.05, 0.1) is 0 Å². The van der Waals surface area contributed by atoms with E-state index in [1.54, 1.807) is 6.08 Å². The summed E-state index contributed by atoms with van der Waals surface area (Å²) in [5.41, 5.74) is 1.89. The normalized spacial score (nSPS) is 11.3. The third-order valence-electron chi connectivity index (χ3n) is 4.14. The second-order valence-electron chi connectivity index (χ2n) is 6.52. The van der Waals surface area contributed by atoms with E-state index >= 15 is 0 Å². The maximum Gasteiger partial charge on any atom is 0.185 e. The average molecular weight is 425 g/mol. The number of carbonyl (C=O) groups excluding carboxylic acids is 1. The molecule has 0 aliphatic carbocycles. The van der Waals surface area contributed by atoms with E-state index in [2.05, 4.69) is 29.8 Å². The molecule has 27 heavy (non-hydrogen) atoms. The first-order valence-corrected chi connectivity index (χ1v) is 9.60. The molecule has 1 aromatic heterocycles. The fraction of sp³-hybridized carbons (Fsp3) is 0.174. The largest absolute Gasteiger partial charge is 0.486 e. The van der Waals surface area contributed by atoms with Crippen LogP contribution in [0.15, 0.2) is 75.6 Å². The van der Waals surface area contributed by atoms with Gasteiger partial charge in [0.1, 0.15) is 23.9 Å². The van der Waals surface area contributed by atoms with E-state index in [0.717, 1.165) is 10.2 Å². The maximum atomic E-state index is 12.3. The van der Waals surface area contributed by atoms with E-state index in [1.807, 2.05) is 60.7 Å². The minimum atomic E-state index is -0.0469. The molecule has 0 radical (unpaired) electrons.